The van der Waals surface area contributed by atoms with Gasteiger partial charge in [0, 0.05) is 18.2 Å². The number of carbonyl (C=O) groups excluding carboxylic acids is 1. The third kappa shape index (κ3) is 5.38. The Balaban J connectivity index is 2.47. The van der Waals surface area contributed by atoms with Crippen LogP contribution in [0.15, 0.2) is 18.2 Å². The van der Waals surface area contributed by atoms with E-state index in [-0.39, 0.29) is 22.2 Å². The second-order valence-electron chi connectivity index (χ2n) is 4.23. The van der Waals surface area contributed by atoms with Crippen molar-refractivity contribution in [2.45, 2.75) is 19.3 Å². The highest BCUT2D eigenvalue weighted by molar-refractivity contribution is 7.98. The van der Waals surface area contributed by atoms with Gasteiger partial charge in [-0.05, 0) is 37.0 Å². The molecule has 0 fully saturated rings. The van der Waals surface area contributed by atoms with E-state index in [1.807, 2.05) is 0 Å². The van der Waals surface area contributed by atoms with Crippen LogP contribution in [-0.2, 0) is 0 Å². The lowest BCUT2D eigenvalue weighted by molar-refractivity contribution is -0.384. The minimum absolute atomic E-state index is 0.0311. The molecule has 1 N–H and O–H groups in total. The summed E-state index contributed by atoms with van der Waals surface area (Å²) in [5.41, 5.74) is 0.00417. The molecule has 0 heterocycles. The Bertz CT molecular complexity index is 483. The van der Waals surface area contributed by atoms with Crippen LogP contribution in [0, 0.1) is 10.1 Å². The maximum Gasteiger partial charge on any atom is 0.288 e. The minimum Gasteiger partial charge on any atom is -0.352 e. The van der Waals surface area contributed by atoms with Crippen LogP contribution in [0.4, 0.5) is 5.69 Å². The Morgan fingerprint density at radius 3 is 2.80 bits per heavy atom. The molecule has 0 aromatic heterocycles. The van der Waals surface area contributed by atoms with Gasteiger partial charge in [0.25, 0.3) is 11.6 Å². The minimum atomic E-state index is -0.596. The average molecular weight is 317 g/mol. The molecule has 0 aliphatic heterocycles. The van der Waals surface area contributed by atoms with E-state index < -0.39 is 4.92 Å². The Hall–Kier alpha value is -1.27. The molecule has 0 unspecified atom stereocenters. The van der Waals surface area contributed by atoms with Gasteiger partial charge in [-0.2, -0.15) is 11.8 Å². The predicted octanol–water partition coefficient (Wildman–Crippen LogP) is 3.51. The number of thioether (sulfide) groups is 1. The molecule has 0 saturated carbocycles. The second kappa shape index (κ2) is 8.81. The molecule has 0 spiro atoms. The first kappa shape index (κ1) is 16.8. The van der Waals surface area contributed by atoms with Crippen LogP contribution in [0.25, 0.3) is 0 Å². The van der Waals surface area contributed by atoms with Crippen molar-refractivity contribution in [2.24, 2.45) is 0 Å². The van der Waals surface area contributed by atoms with Crippen LogP contribution < -0.4 is 5.32 Å². The van der Waals surface area contributed by atoms with Crippen LogP contribution in [0.1, 0.15) is 29.6 Å². The quantitative estimate of drug-likeness (QED) is 0.452. The highest BCUT2D eigenvalue weighted by atomic mass is 35.5. The van der Waals surface area contributed by atoms with Gasteiger partial charge >= 0.3 is 0 Å². The molecule has 110 valence electrons. The molecule has 0 radical (unpaired) electrons. The summed E-state index contributed by atoms with van der Waals surface area (Å²) in [5.74, 6) is 0.812. The number of rotatable bonds is 8. The Labute approximate surface area is 127 Å². The average Bonchev–Trinajstić information content (AvgIpc) is 2.42. The van der Waals surface area contributed by atoms with Crippen molar-refractivity contribution in [3.05, 3.63) is 38.9 Å². The van der Waals surface area contributed by atoms with Crippen molar-refractivity contribution >= 4 is 35.0 Å². The number of nitrogens with zero attached hydrogens (tertiary/aromatic N) is 1. The van der Waals surface area contributed by atoms with Crippen molar-refractivity contribution in [3.63, 3.8) is 0 Å². The van der Waals surface area contributed by atoms with Crippen molar-refractivity contribution < 1.29 is 9.72 Å². The van der Waals surface area contributed by atoms with E-state index in [1.165, 1.54) is 18.2 Å². The first-order valence-corrected chi connectivity index (χ1v) is 8.04. The standard InChI is InChI=1S/C13H17ClN2O3S/c1-20-8-4-2-3-7-15-13(17)10-5-6-11(14)12(9-10)16(18)19/h5-6,9H,2-4,7-8H2,1H3,(H,15,17). The summed E-state index contributed by atoms with van der Waals surface area (Å²) in [5, 5.41) is 13.5. The Morgan fingerprint density at radius 2 is 2.15 bits per heavy atom. The molecule has 1 aromatic carbocycles. The van der Waals surface area contributed by atoms with Crippen LogP contribution in [-0.4, -0.2) is 29.4 Å². The highest BCUT2D eigenvalue weighted by Crippen LogP contribution is 2.24. The number of hydrogen-bond acceptors (Lipinski definition) is 4. The van der Waals surface area contributed by atoms with Crippen LogP contribution >= 0.6 is 23.4 Å². The van der Waals surface area contributed by atoms with E-state index in [0.717, 1.165) is 25.0 Å². The molecule has 0 aliphatic rings. The van der Waals surface area contributed by atoms with Gasteiger partial charge in [-0.1, -0.05) is 18.0 Å². The number of halogens is 1. The first-order valence-electron chi connectivity index (χ1n) is 6.27. The number of hydrogen-bond donors (Lipinski definition) is 1. The van der Waals surface area contributed by atoms with E-state index in [0.29, 0.717) is 6.54 Å². The van der Waals surface area contributed by atoms with E-state index in [2.05, 4.69) is 11.6 Å². The zero-order valence-electron chi connectivity index (χ0n) is 11.2. The molecule has 20 heavy (non-hydrogen) atoms. The summed E-state index contributed by atoms with van der Waals surface area (Å²) in [4.78, 5) is 22.0. The maximum atomic E-state index is 11.8. The molecule has 5 nitrogen and oxygen atoms in total. The van der Waals surface area contributed by atoms with Crippen LogP contribution in [0.2, 0.25) is 5.02 Å². The first-order chi connectivity index (χ1) is 9.56. The fourth-order valence-electron chi connectivity index (χ4n) is 1.65. The number of amides is 1. The van der Waals surface area contributed by atoms with Crippen molar-refractivity contribution in [2.75, 3.05) is 18.6 Å². The van der Waals surface area contributed by atoms with Gasteiger partial charge in [0.05, 0.1) is 4.92 Å². The number of carbonyl (C=O) groups is 1. The lowest BCUT2D eigenvalue weighted by Gasteiger charge is -2.05. The van der Waals surface area contributed by atoms with Gasteiger partial charge in [0.2, 0.25) is 0 Å². The number of unbranched alkanes of at least 4 members (excludes halogenated alkanes) is 2. The maximum absolute atomic E-state index is 11.8. The molecule has 0 bridgehead atoms. The largest absolute Gasteiger partial charge is 0.352 e. The number of benzene rings is 1. The SMILES string of the molecule is CSCCCCCNC(=O)c1ccc(Cl)c([N+](=O)[O-])c1. The monoisotopic (exact) mass is 316 g/mol. The topological polar surface area (TPSA) is 72.2 Å². The summed E-state index contributed by atoms with van der Waals surface area (Å²) in [6.07, 6.45) is 5.16. The molecule has 1 amide bonds. The zero-order valence-corrected chi connectivity index (χ0v) is 12.8. The zero-order chi connectivity index (χ0) is 15.0. The van der Waals surface area contributed by atoms with Crippen molar-refractivity contribution in [1.29, 1.82) is 0 Å². The van der Waals surface area contributed by atoms with Gasteiger partial charge in [0.15, 0.2) is 0 Å². The van der Waals surface area contributed by atoms with E-state index >= 15 is 0 Å². The molecule has 1 rings (SSSR count). The lowest BCUT2D eigenvalue weighted by atomic mass is 10.2. The number of nitrogens with one attached hydrogen (secondary N) is 1. The summed E-state index contributed by atoms with van der Waals surface area (Å²) in [6.45, 7) is 0.573. The van der Waals surface area contributed by atoms with Gasteiger partial charge in [-0.3, -0.25) is 14.9 Å². The molecular formula is C13H17ClN2O3S. The third-order valence-electron chi connectivity index (χ3n) is 2.72. The fraction of sp³-hybridized carbons (Fsp3) is 0.462. The van der Waals surface area contributed by atoms with Gasteiger partial charge in [-0.15, -0.1) is 0 Å². The normalized spacial score (nSPS) is 10.3. The molecular weight excluding hydrogens is 300 g/mol. The second-order valence-corrected chi connectivity index (χ2v) is 5.63. The molecule has 7 heteroatoms. The van der Waals surface area contributed by atoms with Crippen LogP contribution in [0.5, 0.6) is 0 Å². The fourth-order valence-corrected chi connectivity index (χ4v) is 2.33. The third-order valence-corrected chi connectivity index (χ3v) is 3.73. The molecule has 0 atom stereocenters. The Morgan fingerprint density at radius 1 is 1.40 bits per heavy atom. The highest BCUT2D eigenvalue weighted by Gasteiger charge is 2.15. The Kier molecular flexibility index (Phi) is 7.40. The van der Waals surface area contributed by atoms with Crippen molar-refractivity contribution in [1.82, 2.24) is 5.32 Å². The summed E-state index contributed by atoms with van der Waals surface area (Å²) >= 11 is 7.50. The van der Waals surface area contributed by atoms with Crippen molar-refractivity contribution in [3.8, 4) is 0 Å². The number of nitro benzene ring substituents is 1. The summed E-state index contributed by atoms with van der Waals surface area (Å²) in [6, 6.07) is 4.05. The van der Waals surface area contributed by atoms with E-state index in [4.69, 9.17) is 11.6 Å². The van der Waals surface area contributed by atoms with Crippen LogP contribution in [0.3, 0.4) is 0 Å². The molecule has 0 aliphatic carbocycles. The van der Waals surface area contributed by atoms with Gasteiger partial charge in [-0.25, -0.2) is 0 Å². The predicted molar refractivity (Wildman–Crippen MR) is 82.7 cm³/mol. The van der Waals surface area contributed by atoms with Gasteiger partial charge in [0.1, 0.15) is 5.02 Å². The smallest absolute Gasteiger partial charge is 0.288 e. The van der Waals surface area contributed by atoms with E-state index in [1.54, 1.807) is 11.8 Å². The lowest BCUT2D eigenvalue weighted by Crippen LogP contribution is -2.24. The van der Waals surface area contributed by atoms with E-state index in [9.17, 15) is 14.9 Å². The summed E-state index contributed by atoms with van der Waals surface area (Å²) < 4.78 is 0. The molecule has 1 aromatic rings. The van der Waals surface area contributed by atoms with Gasteiger partial charge < -0.3 is 5.32 Å². The summed E-state index contributed by atoms with van der Waals surface area (Å²) in [7, 11) is 0. The number of nitro groups is 1. The molecule has 0 saturated heterocycles.